The second kappa shape index (κ2) is 5.92. The second-order valence-corrected chi connectivity index (χ2v) is 5.11. The number of aromatic amines is 1. The summed E-state index contributed by atoms with van der Waals surface area (Å²) in [6.45, 7) is 0. The van der Waals surface area contributed by atoms with Gasteiger partial charge in [-0.05, 0) is 29.8 Å². The normalized spacial score (nSPS) is 10.7. The molecular weight excluding hydrogens is 296 g/mol. The van der Waals surface area contributed by atoms with E-state index in [0.717, 1.165) is 5.56 Å². The molecule has 3 rings (SSSR count). The van der Waals surface area contributed by atoms with E-state index in [1.54, 1.807) is 48.5 Å². The summed E-state index contributed by atoms with van der Waals surface area (Å²) in [4.78, 5) is 14.8. The highest BCUT2D eigenvalue weighted by molar-refractivity contribution is 5.43. The van der Waals surface area contributed by atoms with Crippen LogP contribution in [-0.4, -0.2) is 26.9 Å². The van der Waals surface area contributed by atoms with Gasteiger partial charge in [-0.2, -0.15) is 0 Å². The first-order valence-corrected chi connectivity index (χ1v) is 7.03. The molecular formula is C17H16N2O4. The Morgan fingerprint density at radius 3 is 2.57 bits per heavy atom. The van der Waals surface area contributed by atoms with Crippen molar-refractivity contribution in [1.29, 1.82) is 0 Å². The van der Waals surface area contributed by atoms with Crippen molar-refractivity contribution in [3.05, 3.63) is 70.3 Å². The van der Waals surface area contributed by atoms with E-state index < -0.39 is 5.69 Å². The van der Waals surface area contributed by atoms with Crippen molar-refractivity contribution in [2.24, 2.45) is 0 Å². The van der Waals surface area contributed by atoms with Crippen LogP contribution >= 0.6 is 0 Å². The molecule has 2 aromatic carbocycles. The topological polar surface area (TPSA) is 87.5 Å². The number of aromatic nitrogens is 2. The minimum absolute atomic E-state index is 0.142. The van der Waals surface area contributed by atoms with Crippen LogP contribution in [0, 0.1) is 0 Å². The van der Waals surface area contributed by atoms with Crippen LogP contribution < -0.4 is 10.4 Å². The molecule has 0 unspecified atom stereocenters. The standard InChI is InChI=1S/C17H16N2O4/c1-23-14-4-2-3-12(10-14)19-16(21)15(18-17(19)22)9-11-5-7-13(20)8-6-11/h2-8,10,20-21H,9H2,1H3,(H,18,22). The maximum Gasteiger partial charge on any atom is 0.333 e. The van der Waals surface area contributed by atoms with Crippen LogP contribution in [0.3, 0.4) is 0 Å². The summed E-state index contributed by atoms with van der Waals surface area (Å²) in [5, 5.41) is 19.7. The van der Waals surface area contributed by atoms with Crippen molar-refractivity contribution in [3.63, 3.8) is 0 Å². The monoisotopic (exact) mass is 312 g/mol. The lowest BCUT2D eigenvalue weighted by molar-refractivity contribution is 0.413. The van der Waals surface area contributed by atoms with Gasteiger partial charge in [0.1, 0.15) is 11.5 Å². The van der Waals surface area contributed by atoms with Gasteiger partial charge in [-0.15, -0.1) is 0 Å². The summed E-state index contributed by atoms with van der Waals surface area (Å²) in [5.74, 6) is 0.617. The van der Waals surface area contributed by atoms with Crippen LogP contribution in [0.4, 0.5) is 0 Å². The molecule has 0 aliphatic carbocycles. The van der Waals surface area contributed by atoms with Crippen molar-refractivity contribution in [2.75, 3.05) is 7.11 Å². The van der Waals surface area contributed by atoms with E-state index in [0.29, 0.717) is 23.6 Å². The summed E-state index contributed by atoms with van der Waals surface area (Å²) >= 11 is 0. The first kappa shape index (κ1) is 14.8. The van der Waals surface area contributed by atoms with E-state index in [9.17, 15) is 15.0 Å². The zero-order valence-electron chi connectivity index (χ0n) is 12.5. The largest absolute Gasteiger partial charge is 0.508 e. The van der Waals surface area contributed by atoms with Crippen molar-refractivity contribution in [1.82, 2.24) is 9.55 Å². The minimum Gasteiger partial charge on any atom is -0.508 e. The lowest BCUT2D eigenvalue weighted by atomic mass is 10.1. The van der Waals surface area contributed by atoms with Crippen LogP contribution in [0.25, 0.3) is 5.69 Å². The molecule has 0 bridgehead atoms. The lowest BCUT2D eigenvalue weighted by Crippen LogP contribution is -2.14. The summed E-state index contributed by atoms with van der Waals surface area (Å²) in [7, 11) is 1.54. The van der Waals surface area contributed by atoms with Gasteiger partial charge < -0.3 is 19.9 Å². The number of benzene rings is 2. The van der Waals surface area contributed by atoms with E-state index >= 15 is 0 Å². The fourth-order valence-electron chi connectivity index (χ4n) is 2.40. The minimum atomic E-state index is -0.426. The predicted octanol–water partition coefficient (Wildman–Crippen LogP) is 2.18. The van der Waals surface area contributed by atoms with Crippen LogP contribution in [0.1, 0.15) is 11.3 Å². The average molecular weight is 312 g/mol. The summed E-state index contributed by atoms with van der Waals surface area (Å²) in [5.41, 5.74) is 1.35. The van der Waals surface area contributed by atoms with Crippen LogP contribution in [0.5, 0.6) is 17.4 Å². The number of rotatable bonds is 4. The summed E-state index contributed by atoms with van der Waals surface area (Å²) in [6, 6.07) is 13.5. The molecule has 0 aliphatic rings. The molecule has 23 heavy (non-hydrogen) atoms. The highest BCUT2D eigenvalue weighted by Gasteiger charge is 2.15. The SMILES string of the molecule is COc1cccc(-n2c(O)c(Cc3ccc(O)cc3)[nH]c2=O)c1. The smallest absolute Gasteiger partial charge is 0.333 e. The Hall–Kier alpha value is -3.15. The number of hydrogen-bond acceptors (Lipinski definition) is 4. The fourth-order valence-corrected chi connectivity index (χ4v) is 2.40. The Morgan fingerprint density at radius 2 is 1.87 bits per heavy atom. The molecule has 3 N–H and O–H groups in total. The molecule has 0 saturated heterocycles. The molecule has 0 spiro atoms. The Morgan fingerprint density at radius 1 is 1.13 bits per heavy atom. The average Bonchev–Trinajstić information content (AvgIpc) is 2.83. The van der Waals surface area contributed by atoms with Gasteiger partial charge in [-0.3, -0.25) is 0 Å². The molecule has 3 aromatic rings. The quantitative estimate of drug-likeness (QED) is 0.689. The van der Waals surface area contributed by atoms with Crippen molar-refractivity contribution >= 4 is 0 Å². The van der Waals surface area contributed by atoms with E-state index in [1.807, 2.05) is 0 Å². The summed E-state index contributed by atoms with van der Waals surface area (Å²) < 4.78 is 6.33. The fraction of sp³-hybridized carbons (Fsp3) is 0.118. The second-order valence-electron chi connectivity index (χ2n) is 5.11. The number of nitrogens with one attached hydrogen (secondary N) is 1. The van der Waals surface area contributed by atoms with E-state index in [1.165, 1.54) is 11.7 Å². The number of H-pyrrole nitrogens is 1. The number of ether oxygens (including phenoxy) is 1. The molecule has 0 fully saturated rings. The molecule has 0 aliphatic heterocycles. The van der Waals surface area contributed by atoms with Crippen molar-refractivity contribution in [2.45, 2.75) is 6.42 Å². The van der Waals surface area contributed by atoms with E-state index in [-0.39, 0.29) is 11.6 Å². The summed E-state index contributed by atoms with van der Waals surface area (Å²) in [6.07, 6.45) is 0.346. The lowest BCUT2D eigenvalue weighted by Gasteiger charge is -2.06. The van der Waals surface area contributed by atoms with Gasteiger partial charge in [-0.1, -0.05) is 18.2 Å². The molecule has 0 amide bonds. The molecule has 1 aromatic heterocycles. The first-order chi connectivity index (χ1) is 11.1. The third-order valence-electron chi connectivity index (χ3n) is 3.57. The molecule has 6 nitrogen and oxygen atoms in total. The van der Waals surface area contributed by atoms with Gasteiger partial charge >= 0.3 is 5.69 Å². The molecule has 0 atom stereocenters. The zero-order chi connectivity index (χ0) is 16.4. The van der Waals surface area contributed by atoms with Gasteiger partial charge in [0.15, 0.2) is 0 Å². The maximum absolute atomic E-state index is 12.2. The van der Waals surface area contributed by atoms with Crippen LogP contribution in [-0.2, 0) is 6.42 Å². The molecule has 0 radical (unpaired) electrons. The number of imidazole rings is 1. The van der Waals surface area contributed by atoms with Gasteiger partial charge in [0, 0.05) is 12.5 Å². The van der Waals surface area contributed by atoms with Crippen LogP contribution in [0.15, 0.2) is 53.3 Å². The molecule has 1 heterocycles. The highest BCUT2D eigenvalue weighted by atomic mass is 16.5. The Kier molecular flexibility index (Phi) is 3.80. The van der Waals surface area contributed by atoms with Gasteiger partial charge in [0.2, 0.25) is 5.88 Å². The third-order valence-corrected chi connectivity index (χ3v) is 3.57. The van der Waals surface area contributed by atoms with E-state index in [4.69, 9.17) is 4.74 Å². The number of phenolic OH excluding ortho intramolecular Hbond substituents is 1. The molecule has 118 valence electrons. The molecule has 0 saturated carbocycles. The maximum atomic E-state index is 12.2. The Labute approximate surface area is 132 Å². The number of phenols is 1. The molecule has 6 heteroatoms. The Balaban J connectivity index is 1.99. The number of hydrogen-bond donors (Lipinski definition) is 3. The van der Waals surface area contributed by atoms with Gasteiger partial charge in [0.25, 0.3) is 0 Å². The van der Waals surface area contributed by atoms with Crippen molar-refractivity contribution in [3.8, 4) is 23.1 Å². The van der Waals surface area contributed by atoms with E-state index in [2.05, 4.69) is 4.98 Å². The van der Waals surface area contributed by atoms with Gasteiger partial charge in [-0.25, -0.2) is 9.36 Å². The highest BCUT2D eigenvalue weighted by Crippen LogP contribution is 2.23. The number of aromatic hydroxyl groups is 2. The Bertz CT molecular complexity index is 878. The first-order valence-electron chi connectivity index (χ1n) is 7.03. The van der Waals surface area contributed by atoms with Crippen molar-refractivity contribution < 1.29 is 14.9 Å². The zero-order valence-corrected chi connectivity index (χ0v) is 12.5. The predicted molar refractivity (Wildman–Crippen MR) is 85.5 cm³/mol. The van der Waals surface area contributed by atoms with Crippen LogP contribution in [0.2, 0.25) is 0 Å². The number of nitrogens with zero attached hydrogens (tertiary/aromatic N) is 1. The third kappa shape index (κ3) is 2.91. The van der Waals surface area contributed by atoms with Gasteiger partial charge in [0.05, 0.1) is 18.5 Å². The number of methoxy groups -OCH3 is 1.